The minimum atomic E-state index is -0.349. The van der Waals surface area contributed by atoms with E-state index >= 15 is 0 Å². The molecule has 6 heteroatoms. The molecule has 0 aliphatic carbocycles. The van der Waals surface area contributed by atoms with Gasteiger partial charge < -0.3 is 10.4 Å². The van der Waals surface area contributed by atoms with Gasteiger partial charge in [0.2, 0.25) is 5.82 Å². The molecule has 2 heterocycles. The molecule has 0 radical (unpaired) electrons. The lowest BCUT2D eigenvalue weighted by molar-refractivity contribution is 0.101. The maximum Gasteiger partial charge on any atom is 0.293 e. The standard InChI is InChI=1S/C19H19N3O2S/c1-11-6-16(25-10-11)15-4-5-20-18(21-15)19(24)22-17-12(2)7-14(9-23)8-13(17)3/h4-8,10,23H,9H2,1-3H3,(H,22,24). The molecule has 1 amide bonds. The number of rotatable bonds is 4. The fourth-order valence-corrected chi connectivity index (χ4v) is 3.55. The second-order valence-electron chi connectivity index (χ2n) is 5.97. The summed E-state index contributed by atoms with van der Waals surface area (Å²) >= 11 is 1.59. The third-order valence-corrected chi connectivity index (χ3v) is 4.93. The van der Waals surface area contributed by atoms with Crippen LogP contribution in [0.1, 0.15) is 32.9 Å². The second kappa shape index (κ2) is 7.13. The van der Waals surface area contributed by atoms with Gasteiger partial charge in [-0.15, -0.1) is 11.3 Å². The number of carbonyl (C=O) groups excluding carboxylic acids is 1. The number of aromatic nitrogens is 2. The first-order chi connectivity index (χ1) is 12.0. The first kappa shape index (κ1) is 17.3. The van der Waals surface area contributed by atoms with Crippen LogP contribution in [-0.2, 0) is 6.61 Å². The number of carbonyl (C=O) groups is 1. The summed E-state index contributed by atoms with van der Waals surface area (Å²) in [6.45, 7) is 5.79. The Bertz CT molecular complexity index is 911. The number of hydrogen-bond acceptors (Lipinski definition) is 5. The molecule has 2 N–H and O–H groups in total. The van der Waals surface area contributed by atoms with Crippen molar-refractivity contribution in [3.05, 3.63) is 63.9 Å². The van der Waals surface area contributed by atoms with Gasteiger partial charge in [0.05, 0.1) is 17.2 Å². The van der Waals surface area contributed by atoms with E-state index in [9.17, 15) is 9.90 Å². The lowest BCUT2D eigenvalue weighted by Gasteiger charge is -2.13. The van der Waals surface area contributed by atoms with Crippen LogP contribution >= 0.6 is 11.3 Å². The van der Waals surface area contributed by atoms with E-state index in [2.05, 4.69) is 15.3 Å². The van der Waals surface area contributed by atoms with Crippen molar-refractivity contribution in [2.24, 2.45) is 0 Å². The number of anilines is 1. The highest BCUT2D eigenvalue weighted by Gasteiger charge is 2.14. The first-order valence-electron chi connectivity index (χ1n) is 7.89. The molecule has 25 heavy (non-hydrogen) atoms. The molecule has 5 nitrogen and oxygen atoms in total. The predicted molar refractivity (Wildman–Crippen MR) is 99.9 cm³/mol. The highest BCUT2D eigenvalue weighted by atomic mass is 32.1. The van der Waals surface area contributed by atoms with Gasteiger partial charge in [-0.1, -0.05) is 12.1 Å². The Kier molecular flexibility index (Phi) is 4.92. The van der Waals surface area contributed by atoms with Crippen LogP contribution in [0.25, 0.3) is 10.6 Å². The fourth-order valence-electron chi connectivity index (χ4n) is 2.68. The molecule has 3 aromatic rings. The number of aliphatic hydroxyl groups excluding tert-OH is 1. The Labute approximate surface area is 150 Å². The molecule has 0 unspecified atom stereocenters. The largest absolute Gasteiger partial charge is 0.392 e. The third kappa shape index (κ3) is 3.75. The second-order valence-corrected chi connectivity index (χ2v) is 6.88. The average Bonchev–Trinajstić information content (AvgIpc) is 3.04. The van der Waals surface area contributed by atoms with Crippen LogP contribution in [0.4, 0.5) is 5.69 Å². The number of nitrogens with one attached hydrogen (secondary N) is 1. The quantitative estimate of drug-likeness (QED) is 0.746. The Hall–Kier alpha value is -2.57. The zero-order chi connectivity index (χ0) is 18.0. The molecule has 3 rings (SSSR count). The Morgan fingerprint density at radius 1 is 1.20 bits per heavy atom. The number of hydrogen-bond donors (Lipinski definition) is 2. The van der Waals surface area contributed by atoms with Gasteiger partial charge >= 0.3 is 0 Å². The van der Waals surface area contributed by atoms with E-state index in [-0.39, 0.29) is 18.3 Å². The minimum Gasteiger partial charge on any atom is -0.392 e. The highest BCUT2D eigenvalue weighted by Crippen LogP contribution is 2.26. The maximum atomic E-state index is 12.6. The molecular weight excluding hydrogens is 334 g/mol. The van der Waals surface area contributed by atoms with Gasteiger partial charge in [0.25, 0.3) is 5.91 Å². The number of benzene rings is 1. The first-order valence-corrected chi connectivity index (χ1v) is 8.77. The summed E-state index contributed by atoms with van der Waals surface area (Å²) in [5.41, 5.74) is 5.23. The van der Waals surface area contributed by atoms with Crippen LogP contribution in [0, 0.1) is 20.8 Å². The average molecular weight is 353 g/mol. The number of aryl methyl sites for hydroxylation is 3. The van der Waals surface area contributed by atoms with Crippen molar-refractivity contribution < 1.29 is 9.90 Å². The van der Waals surface area contributed by atoms with E-state index in [4.69, 9.17) is 0 Å². The van der Waals surface area contributed by atoms with Gasteiger partial charge in [-0.3, -0.25) is 4.79 Å². The summed E-state index contributed by atoms with van der Waals surface area (Å²) in [5.74, 6) is -0.216. The Balaban J connectivity index is 1.87. The summed E-state index contributed by atoms with van der Waals surface area (Å²) in [6.07, 6.45) is 1.60. The Morgan fingerprint density at radius 2 is 1.92 bits per heavy atom. The van der Waals surface area contributed by atoms with Gasteiger partial charge in [-0.2, -0.15) is 0 Å². The summed E-state index contributed by atoms with van der Waals surface area (Å²) in [7, 11) is 0. The lowest BCUT2D eigenvalue weighted by atomic mass is 10.0. The van der Waals surface area contributed by atoms with Gasteiger partial charge in [0.15, 0.2) is 0 Å². The van der Waals surface area contributed by atoms with Crippen LogP contribution in [0.15, 0.2) is 35.8 Å². The van der Waals surface area contributed by atoms with Crippen LogP contribution < -0.4 is 5.32 Å². The van der Waals surface area contributed by atoms with Crippen molar-refractivity contribution in [2.75, 3.05) is 5.32 Å². The summed E-state index contributed by atoms with van der Waals surface area (Å²) in [4.78, 5) is 22.1. The van der Waals surface area contributed by atoms with Gasteiger partial charge in [-0.25, -0.2) is 9.97 Å². The van der Waals surface area contributed by atoms with Gasteiger partial charge in [-0.05, 0) is 60.5 Å². The zero-order valence-electron chi connectivity index (χ0n) is 14.3. The van der Waals surface area contributed by atoms with Crippen molar-refractivity contribution in [1.82, 2.24) is 9.97 Å². The zero-order valence-corrected chi connectivity index (χ0v) is 15.1. The molecule has 0 atom stereocenters. The number of thiophene rings is 1. The fraction of sp³-hybridized carbons (Fsp3) is 0.211. The molecule has 0 bridgehead atoms. The summed E-state index contributed by atoms with van der Waals surface area (Å²) in [6, 6.07) is 7.55. The molecular formula is C19H19N3O2S. The smallest absolute Gasteiger partial charge is 0.293 e. The van der Waals surface area contributed by atoms with Crippen LogP contribution in [0.3, 0.4) is 0 Å². The van der Waals surface area contributed by atoms with Gasteiger partial charge in [0.1, 0.15) is 0 Å². The van der Waals surface area contributed by atoms with Crippen LogP contribution in [0.5, 0.6) is 0 Å². The molecule has 0 fully saturated rings. The van der Waals surface area contributed by atoms with Crippen LogP contribution in [0.2, 0.25) is 0 Å². The molecule has 0 saturated heterocycles. The van der Waals surface area contributed by atoms with Crippen molar-refractivity contribution in [3.8, 4) is 10.6 Å². The molecule has 0 saturated carbocycles. The van der Waals surface area contributed by atoms with Crippen LogP contribution in [-0.4, -0.2) is 21.0 Å². The van der Waals surface area contributed by atoms with Crippen molar-refractivity contribution in [3.63, 3.8) is 0 Å². The van der Waals surface area contributed by atoms with Crippen molar-refractivity contribution >= 4 is 22.9 Å². The molecule has 128 valence electrons. The van der Waals surface area contributed by atoms with Crippen molar-refractivity contribution in [1.29, 1.82) is 0 Å². The molecule has 0 aliphatic heterocycles. The number of aliphatic hydroxyl groups is 1. The maximum absolute atomic E-state index is 12.6. The third-order valence-electron chi connectivity index (χ3n) is 3.86. The number of nitrogens with zero attached hydrogens (tertiary/aromatic N) is 2. The van der Waals surface area contributed by atoms with E-state index in [1.807, 2.05) is 44.4 Å². The molecule has 0 aliphatic rings. The monoisotopic (exact) mass is 353 g/mol. The SMILES string of the molecule is Cc1csc(-c2ccnc(C(=O)Nc3c(C)cc(CO)cc3C)n2)c1. The lowest BCUT2D eigenvalue weighted by Crippen LogP contribution is -2.17. The predicted octanol–water partition coefficient (Wildman–Crippen LogP) is 3.87. The highest BCUT2D eigenvalue weighted by molar-refractivity contribution is 7.13. The molecule has 1 aromatic carbocycles. The van der Waals surface area contributed by atoms with E-state index < -0.39 is 0 Å². The van der Waals surface area contributed by atoms with E-state index in [1.165, 1.54) is 5.56 Å². The molecule has 2 aromatic heterocycles. The summed E-state index contributed by atoms with van der Waals surface area (Å²) < 4.78 is 0. The normalized spacial score (nSPS) is 10.7. The number of amides is 1. The summed E-state index contributed by atoms with van der Waals surface area (Å²) in [5, 5.41) is 14.2. The molecule has 0 spiro atoms. The van der Waals surface area contributed by atoms with E-state index in [0.717, 1.165) is 32.9 Å². The van der Waals surface area contributed by atoms with E-state index in [0.29, 0.717) is 0 Å². The van der Waals surface area contributed by atoms with Gasteiger partial charge in [0, 0.05) is 11.9 Å². The minimum absolute atomic E-state index is 0.0265. The Morgan fingerprint density at radius 3 is 2.52 bits per heavy atom. The topological polar surface area (TPSA) is 75.1 Å². The van der Waals surface area contributed by atoms with Crippen molar-refractivity contribution in [2.45, 2.75) is 27.4 Å². The van der Waals surface area contributed by atoms with E-state index in [1.54, 1.807) is 23.6 Å².